The van der Waals surface area contributed by atoms with Crippen molar-refractivity contribution in [3.05, 3.63) is 59.5 Å². The molecule has 28 heavy (non-hydrogen) atoms. The Kier molecular flexibility index (Phi) is 4.68. The lowest BCUT2D eigenvalue weighted by atomic mass is 9.93. The summed E-state index contributed by atoms with van der Waals surface area (Å²) < 4.78 is 1.64. The van der Waals surface area contributed by atoms with Crippen LogP contribution in [0.2, 0.25) is 0 Å². The molecule has 4 rings (SSSR count). The first kappa shape index (κ1) is 18.0. The largest absolute Gasteiger partial charge is 0.364 e. The summed E-state index contributed by atoms with van der Waals surface area (Å²) in [6.45, 7) is 1.28. The summed E-state index contributed by atoms with van der Waals surface area (Å²) >= 11 is 0. The molecular weight excluding hydrogens is 356 g/mol. The molecular formula is C20H22N6O2. The van der Waals surface area contributed by atoms with Crippen molar-refractivity contribution in [3.63, 3.8) is 0 Å². The van der Waals surface area contributed by atoms with Crippen LogP contribution < -0.4 is 5.73 Å². The van der Waals surface area contributed by atoms with E-state index in [0.717, 1.165) is 29.8 Å². The number of nitrogens with zero attached hydrogens (tertiary/aromatic N) is 4. The highest BCUT2D eigenvalue weighted by atomic mass is 16.2. The Morgan fingerprint density at radius 2 is 1.86 bits per heavy atom. The summed E-state index contributed by atoms with van der Waals surface area (Å²) in [5.41, 5.74) is 8.76. The number of likely N-dealkylation sites (tertiary alicyclic amines) is 1. The molecule has 1 fully saturated rings. The van der Waals surface area contributed by atoms with E-state index in [4.69, 9.17) is 5.73 Å². The van der Waals surface area contributed by atoms with E-state index in [9.17, 15) is 9.59 Å². The predicted octanol–water partition coefficient (Wildman–Crippen LogP) is 1.93. The molecule has 3 aromatic rings. The molecule has 0 spiro atoms. The Hall–Kier alpha value is -3.42. The Morgan fingerprint density at radius 3 is 2.50 bits per heavy atom. The molecule has 8 heteroatoms. The Labute approximate surface area is 162 Å². The zero-order chi connectivity index (χ0) is 19.7. The molecule has 2 aromatic heterocycles. The highest BCUT2D eigenvalue weighted by molar-refractivity contribution is 5.94. The van der Waals surface area contributed by atoms with E-state index >= 15 is 0 Å². The highest BCUT2D eigenvalue weighted by Crippen LogP contribution is 2.28. The fourth-order valence-electron chi connectivity index (χ4n) is 3.64. The third kappa shape index (κ3) is 3.40. The molecule has 0 saturated carbocycles. The molecule has 1 saturated heterocycles. The lowest BCUT2D eigenvalue weighted by molar-refractivity contribution is 0.0700. The van der Waals surface area contributed by atoms with Gasteiger partial charge in [0.25, 0.3) is 11.8 Å². The highest BCUT2D eigenvalue weighted by Gasteiger charge is 2.27. The first-order chi connectivity index (χ1) is 13.5. The number of nitrogens with one attached hydrogen (secondary N) is 1. The van der Waals surface area contributed by atoms with Gasteiger partial charge in [0.05, 0.1) is 5.69 Å². The molecule has 1 aromatic carbocycles. The van der Waals surface area contributed by atoms with Gasteiger partial charge < -0.3 is 10.6 Å². The summed E-state index contributed by atoms with van der Waals surface area (Å²) in [5.74, 6) is -0.324. The number of rotatable bonds is 4. The van der Waals surface area contributed by atoms with Crippen molar-refractivity contribution in [1.29, 1.82) is 0 Å². The normalized spacial score (nSPS) is 15.0. The molecule has 3 N–H and O–H groups in total. The number of amides is 2. The van der Waals surface area contributed by atoms with Crippen molar-refractivity contribution in [1.82, 2.24) is 24.9 Å². The van der Waals surface area contributed by atoms with Gasteiger partial charge in [0.15, 0.2) is 0 Å². The fourth-order valence-corrected chi connectivity index (χ4v) is 3.64. The Bertz CT molecular complexity index is 999. The topological polar surface area (TPSA) is 110 Å². The monoisotopic (exact) mass is 378 g/mol. The smallest absolute Gasteiger partial charge is 0.272 e. The summed E-state index contributed by atoms with van der Waals surface area (Å²) in [6.07, 6.45) is 1.60. The fraction of sp³-hybridized carbons (Fsp3) is 0.300. The minimum atomic E-state index is -0.541. The molecule has 0 aliphatic carbocycles. The van der Waals surface area contributed by atoms with E-state index in [-0.39, 0.29) is 17.5 Å². The van der Waals surface area contributed by atoms with Crippen LogP contribution in [0.25, 0.3) is 11.3 Å². The first-order valence-electron chi connectivity index (χ1n) is 9.27. The lowest BCUT2D eigenvalue weighted by Crippen LogP contribution is -2.38. The second-order valence-electron chi connectivity index (χ2n) is 7.04. The van der Waals surface area contributed by atoms with Crippen molar-refractivity contribution < 1.29 is 9.59 Å². The first-order valence-corrected chi connectivity index (χ1v) is 9.27. The molecule has 0 radical (unpaired) electrons. The minimum absolute atomic E-state index is 0.0157. The van der Waals surface area contributed by atoms with Crippen molar-refractivity contribution in [2.24, 2.45) is 12.8 Å². The van der Waals surface area contributed by atoms with Crippen LogP contribution in [0, 0.1) is 0 Å². The summed E-state index contributed by atoms with van der Waals surface area (Å²) in [4.78, 5) is 26.1. The average molecular weight is 378 g/mol. The van der Waals surface area contributed by atoms with Gasteiger partial charge in [-0.2, -0.15) is 10.2 Å². The standard InChI is InChI=1S/C20H22N6O2/c1-25-18(12-16(24-25)13-5-3-2-4-6-13)20(28)26-9-7-14(8-10-26)15-11-17(19(21)27)23-22-15/h2-6,11-12,14H,7-10H2,1H3,(H2,21,27)(H,22,23). The van der Waals surface area contributed by atoms with E-state index in [1.54, 1.807) is 17.8 Å². The quantitative estimate of drug-likeness (QED) is 0.723. The molecule has 144 valence electrons. The number of hydrogen-bond acceptors (Lipinski definition) is 4. The van der Waals surface area contributed by atoms with Crippen LogP contribution in [0.5, 0.6) is 0 Å². The maximum atomic E-state index is 13.0. The van der Waals surface area contributed by atoms with Crippen LogP contribution in [0.1, 0.15) is 45.4 Å². The van der Waals surface area contributed by atoms with E-state index in [1.807, 2.05) is 41.3 Å². The van der Waals surface area contributed by atoms with Gasteiger partial charge in [-0.1, -0.05) is 30.3 Å². The van der Waals surface area contributed by atoms with Crippen LogP contribution in [0.4, 0.5) is 0 Å². The molecule has 0 atom stereocenters. The zero-order valence-electron chi connectivity index (χ0n) is 15.6. The molecule has 0 bridgehead atoms. The van der Waals surface area contributed by atoms with Crippen molar-refractivity contribution in [2.75, 3.05) is 13.1 Å². The number of hydrogen-bond donors (Lipinski definition) is 2. The maximum absolute atomic E-state index is 13.0. The van der Waals surface area contributed by atoms with Gasteiger partial charge in [0.2, 0.25) is 0 Å². The van der Waals surface area contributed by atoms with E-state index < -0.39 is 5.91 Å². The molecule has 3 heterocycles. The predicted molar refractivity (Wildman–Crippen MR) is 104 cm³/mol. The van der Waals surface area contributed by atoms with Crippen LogP contribution in [0.15, 0.2) is 42.5 Å². The van der Waals surface area contributed by atoms with E-state index in [1.165, 1.54) is 0 Å². The third-order valence-corrected chi connectivity index (χ3v) is 5.24. The number of primary amides is 1. The third-order valence-electron chi connectivity index (χ3n) is 5.24. The van der Waals surface area contributed by atoms with Gasteiger partial charge in [-0.15, -0.1) is 0 Å². The maximum Gasteiger partial charge on any atom is 0.272 e. The van der Waals surface area contributed by atoms with Crippen LogP contribution in [-0.4, -0.2) is 49.8 Å². The number of piperidine rings is 1. The van der Waals surface area contributed by atoms with Crippen LogP contribution >= 0.6 is 0 Å². The van der Waals surface area contributed by atoms with E-state index in [2.05, 4.69) is 15.3 Å². The molecule has 1 aliphatic rings. The van der Waals surface area contributed by atoms with Gasteiger partial charge in [-0.3, -0.25) is 19.4 Å². The SMILES string of the molecule is Cn1nc(-c2ccccc2)cc1C(=O)N1CCC(c2cc(C(N)=O)n[nH]2)CC1. The molecule has 2 amide bonds. The number of carbonyl (C=O) groups excluding carboxylic acids is 2. The van der Waals surface area contributed by atoms with Crippen LogP contribution in [0.3, 0.4) is 0 Å². The number of benzene rings is 1. The number of H-pyrrole nitrogens is 1. The van der Waals surface area contributed by atoms with E-state index in [0.29, 0.717) is 18.8 Å². The summed E-state index contributed by atoms with van der Waals surface area (Å²) in [5, 5.41) is 11.3. The second kappa shape index (κ2) is 7.30. The number of aromatic nitrogens is 4. The van der Waals surface area contributed by atoms with Gasteiger partial charge in [-0.05, 0) is 25.0 Å². The zero-order valence-corrected chi connectivity index (χ0v) is 15.6. The van der Waals surface area contributed by atoms with Gasteiger partial charge in [0.1, 0.15) is 11.4 Å². The second-order valence-corrected chi connectivity index (χ2v) is 7.04. The number of aromatic amines is 1. The minimum Gasteiger partial charge on any atom is -0.364 e. The Balaban J connectivity index is 1.44. The van der Waals surface area contributed by atoms with Crippen molar-refractivity contribution in [3.8, 4) is 11.3 Å². The van der Waals surface area contributed by atoms with Gasteiger partial charge in [0, 0.05) is 37.3 Å². The van der Waals surface area contributed by atoms with Crippen LogP contribution in [-0.2, 0) is 7.05 Å². The molecule has 1 aliphatic heterocycles. The summed E-state index contributed by atoms with van der Waals surface area (Å²) in [6, 6.07) is 13.4. The summed E-state index contributed by atoms with van der Waals surface area (Å²) in [7, 11) is 1.79. The van der Waals surface area contributed by atoms with Gasteiger partial charge >= 0.3 is 0 Å². The number of carbonyl (C=O) groups is 2. The number of nitrogens with two attached hydrogens (primary N) is 1. The average Bonchev–Trinajstić information content (AvgIpc) is 3.36. The lowest BCUT2D eigenvalue weighted by Gasteiger charge is -2.31. The van der Waals surface area contributed by atoms with Crippen molar-refractivity contribution >= 4 is 11.8 Å². The Morgan fingerprint density at radius 1 is 1.14 bits per heavy atom. The molecule has 0 unspecified atom stereocenters. The molecule has 8 nitrogen and oxygen atoms in total. The van der Waals surface area contributed by atoms with Gasteiger partial charge in [-0.25, -0.2) is 0 Å². The van der Waals surface area contributed by atoms with Crippen molar-refractivity contribution in [2.45, 2.75) is 18.8 Å². The number of aryl methyl sites for hydroxylation is 1.